The van der Waals surface area contributed by atoms with Gasteiger partial charge in [0.1, 0.15) is 6.29 Å². The smallest absolute Gasteiger partial charge is 0.146 e. The van der Waals surface area contributed by atoms with Gasteiger partial charge in [0.05, 0.1) is 0 Å². The second kappa shape index (κ2) is 3.71. The third-order valence-corrected chi connectivity index (χ3v) is 4.56. The molecule has 0 spiro atoms. The van der Waals surface area contributed by atoms with Crippen LogP contribution < -0.4 is 0 Å². The SMILES string of the molecule is C[C@]12CC(c3ccc(Cl)cc3)=C(C=O)C[C@H]1C2. The number of rotatable bonds is 2. The van der Waals surface area contributed by atoms with E-state index in [0.29, 0.717) is 5.41 Å². The fourth-order valence-electron chi connectivity index (χ4n) is 3.00. The Morgan fingerprint density at radius 1 is 1.35 bits per heavy atom. The molecule has 0 radical (unpaired) electrons. The summed E-state index contributed by atoms with van der Waals surface area (Å²) in [5, 5.41) is 0.744. The lowest BCUT2D eigenvalue weighted by molar-refractivity contribution is -0.105. The van der Waals surface area contributed by atoms with Crippen LogP contribution in [0.3, 0.4) is 0 Å². The molecule has 0 saturated heterocycles. The Morgan fingerprint density at radius 2 is 2.06 bits per heavy atom. The second-order valence-electron chi connectivity index (χ2n) is 5.56. The topological polar surface area (TPSA) is 17.1 Å². The highest BCUT2D eigenvalue weighted by Gasteiger charge is 2.52. The van der Waals surface area contributed by atoms with E-state index in [4.69, 9.17) is 11.6 Å². The van der Waals surface area contributed by atoms with Crippen LogP contribution in [0.15, 0.2) is 29.8 Å². The maximum Gasteiger partial charge on any atom is 0.146 e. The highest BCUT2D eigenvalue weighted by atomic mass is 35.5. The minimum atomic E-state index is 0.446. The molecule has 2 aliphatic rings. The van der Waals surface area contributed by atoms with Crippen LogP contribution in [0.25, 0.3) is 5.57 Å². The van der Waals surface area contributed by atoms with Gasteiger partial charge in [0.2, 0.25) is 0 Å². The van der Waals surface area contributed by atoms with Crippen molar-refractivity contribution < 1.29 is 4.79 Å². The van der Waals surface area contributed by atoms with E-state index in [0.717, 1.165) is 41.2 Å². The molecule has 0 heterocycles. The van der Waals surface area contributed by atoms with Gasteiger partial charge in [-0.3, -0.25) is 4.79 Å². The first-order chi connectivity index (χ1) is 8.12. The van der Waals surface area contributed by atoms with Crippen molar-refractivity contribution in [2.75, 3.05) is 0 Å². The fraction of sp³-hybridized carbons (Fsp3) is 0.400. The molecule has 1 fully saturated rings. The minimum Gasteiger partial charge on any atom is -0.298 e. The third kappa shape index (κ3) is 1.83. The van der Waals surface area contributed by atoms with Crippen LogP contribution in [0.2, 0.25) is 5.02 Å². The molecule has 0 aliphatic heterocycles. The quantitative estimate of drug-likeness (QED) is 0.718. The number of fused-ring (bicyclic) bond motifs is 1. The van der Waals surface area contributed by atoms with E-state index in [2.05, 4.69) is 6.92 Å². The van der Waals surface area contributed by atoms with Crippen LogP contribution in [0.1, 0.15) is 31.7 Å². The molecule has 2 atom stereocenters. The number of aldehydes is 1. The van der Waals surface area contributed by atoms with Gasteiger partial charge in [0.25, 0.3) is 0 Å². The van der Waals surface area contributed by atoms with Crippen molar-refractivity contribution in [3.8, 4) is 0 Å². The van der Waals surface area contributed by atoms with Crippen LogP contribution in [0, 0.1) is 11.3 Å². The lowest BCUT2D eigenvalue weighted by atomic mass is 9.82. The summed E-state index contributed by atoms with van der Waals surface area (Å²) in [6, 6.07) is 7.84. The summed E-state index contributed by atoms with van der Waals surface area (Å²) >= 11 is 5.90. The molecule has 3 rings (SSSR count). The standard InChI is InChI=1S/C15H15ClO/c1-15-7-12(15)6-11(9-17)14(8-15)10-2-4-13(16)5-3-10/h2-5,9,12H,6-8H2,1H3/t12-,15-/m0/s1. The minimum absolute atomic E-state index is 0.446. The molecule has 0 bridgehead atoms. The van der Waals surface area contributed by atoms with Gasteiger partial charge in [-0.05, 0) is 59.4 Å². The predicted octanol–water partition coefficient (Wildman–Crippen LogP) is 4.11. The number of carbonyl (C=O) groups excluding carboxylic acids is 1. The number of benzene rings is 1. The van der Waals surface area contributed by atoms with Gasteiger partial charge in [-0.1, -0.05) is 30.7 Å². The summed E-state index contributed by atoms with van der Waals surface area (Å²) in [4.78, 5) is 11.2. The van der Waals surface area contributed by atoms with E-state index in [1.165, 1.54) is 12.0 Å². The van der Waals surface area contributed by atoms with Crippen molar-refractivity contribution in [3.63, 3.8) is 0 Å². The van der Waals surface area contributed by atoms with Crippen molar-refractivity contribution in [1.29, 1.82) is 0 Å². The van der Waals surface area contributed by atoms with Crippen LogP contribution >= 0.6 is 11.6 Å². The zero-order chi connectivity index (χ0) is 12.0. The maximum atomic E-state index is 11.2. The van der Waals surface area contributed by atoms with Gasteiger partial charge in [-0.2, -0.15) is 0 Å². The van der Waals surface area contributed by atoms with E-state index < -0.39 is 0 Å². The molecule has 2 heteroatoms. The zero-order valence-electron chi connectivity index (χ0n) is 9.87. The summed E-state index contributed by atoms with van der Waals surface area (Å²) < 4.78 is 0. The zero-order valence-corrected chi connectivity index (χ0v) is 10.6. The fourth-order valence-corrected chi connectivity index (χ4v) is 3.13. The van der Waals surface area contributed by atoms with Crippen molar-refractivity contribution in [2.24, 2.45) is 11.3 Å². The summed E-state index contributed by atoms with van der Waals surface area (Å²) in [6.07, 6.45) is 4.30. The highest BCUT2D eigenvalue weighted by Crippen LogP contribution is 2.63. The van der Waals surface area contributed by atoms with Crippen molar-refractivity contribution in [2.45, 2.75) is 26.2 Å². The first kappa shape index (κ1) is 11.0. The first-order valence-electron chi connectivity index (χ1n) is 6.05. The second-order valence-corrected chi connectivity index (χ2v) is 6.00. The first-order valence-corrected chi connectivity index (χ1v) is 6.43. The molecule has 88 valence electrons. The molecule has 0 aromatic heterocycles. The van der Waals surface area contributed by atoms with E-state index in [-0.39, 0.29) is 0 Å². The van der Waals surface area contributed by atoms with Crippen molar-refractivity contribution >= 4 is 23.5 Å². The Labute approximate surface area is 106 Å². The third-order valence-electron chi connectivity index (χ3n) is 4.31. The van der Waals surface area contributed by atoms with Crippen molar-refractivity contribution in [1.82, 2.24) is 0 Å². The van der Waals surface area contributed by atoms with E-state index in [9.17, 15) is 4.79 Å². The van der Waals surface area contributed by atoms with E-state index in [1.807, 2.05) is 24.3 Å². The number of halogens is 1. The highest BCUT2D eigenvalue weighted by molar-refractivity contribution is 6.30. The summed E-state index contributed by atoms with van der Waals surface area (Å²) in [5.74, 6) is 0.735. The predicted molar refractivity (Wildman–Crippen MR) is 69.9 cm³/mol. The van der Waals surface area contributed by atoms with Gasteiger partial charge in [-0.25, -0.2) is 0 Å². The van der Waals surface area contributed by atoms with Crippen LogP contribution in [-0.2, 0) is 4.79 Å². The van der Waals surface area contributed by atoms with Gasteiger partial charge in [0, 0.05) is 5.02 Å². The Bertz CT molecular complexity index is 500. The van der Waals surface area contributed by atoms with Crippen LogP contribution in [0.5, 0.6) is 0 Å². The molecule has 0 amide bonds. The lowest BCUT2D eigenvalue weighted by Crippen LogP contribution is -2.10. The van der Waals surface area contributed by atoms with Gasteiger partial charge in [-0.15, -0.1) is 0 Å². The Hall–Kier alpha value is -1.08. The Kier molecular flexibility index (Phi) is 2.41. The Balaban J connectivity index is 2.01. The van der Waals surface area contributed by atoms with Crippen LogP contribution in [0.4, 0.5) is 0 Å². The summed E-state index contributed by atoms with van der Waals surface area (Å²) in [6.45, 7) is 2.33. The average molecular weight is 247 g/mol. The average Bonchev–Trinajstić information content (AvgIpc) is 2.99. The van der Waals surface area contributed by atoms with Gasteiger partial charge >= 0.3 is 0 Å². The molecule has 1 saturated carbocycles. The molecule has 2 aliphatic carbocycles. The van der Waals surface area contributed by atoms with Crippen LogP contribution in [-0.4, -0.2) is 6.29 Å². The largest absolute Gasteiger partial charge is 0.298 e. The molecule has 1 aromatic carbocycles. The normalized spacial score (nSPS) is 31.1. The van der Waals surface area contributed by atoms with E-state index in [1.54, 1.807) is 0 Å². The van der Waals surface area contributed by atoms with Gasteiger partial charge < -0.3 is 0 Å². The number of allylic oxidation sites excluding steroid dienone is 2. The van der Waals surface area contributed by atoms with Gasteiger partial charge in [0.15, 0.2) is 0 Å². The summed E-state index contributed by atoms with van der Waals surface area (Å²) in [5.41, 5.74) is 3.82. The van der Waals surface area contributed by atoms with E-state index >= 15 is 0 Å². The molecule has 0 N–H and O–H groups in total. The molecule has 17 heavy (non-hydrogen) atoms. The van der Waals surface area contributed by atoms with Crippen molar-refractivity contribution in [3.05, 3.63) is 40.4 Å². The number of hydrogen-bond acceptors (Lipinski definition) is 1. The number of carbonyl (C=O) groups is 1. The molecule has 1 nitrogen and oxygen atoms in total. The lowest BCUT2D eigenvalue weighted by Gasteiger charge is -2.22. The molecule has 1 aromatic rings. The monoisotopic (exact) mass is 246 g/mol. The molecular formula is C15H15ClO. The maximum absolute atomic E-state index is 11.2. The number of hydrogen-bond donors (Lipinski definition) is 0. The molecular weight excluding hydrogens is 232 g/mol. The Morgan fingerprint density at radius 3 is 2.71 bits per heavy atom. The molecule has 0 unspecified atom stereocenters. The summed E-state index contributed by atoms with van der Waals surface area (Å²) in [7, 11) is 0.